The van der Waals surface area contributed by atoms with Gasteiger partial charge in [-0.15, -0.1) is 0 Å². The third-order valence-corrected chi connectivity index (χ3v) is 3.82. The molecule has 20 heavy (non-hydrogen) atoms. The number of carboxylic acid groups (broad SMARTS) is 1. The Kier molecular flexibility index (Phi) is 4.60. The number of carboxylic acids is 1. The van der Waals surface area contributed by atoms with Crippen LogP contribution >= 0.6 is 0 Å². The van der Waals surface area contributed by atoms with Crippen LogP contribution in [0.15, 0.2) is 18.7 Å². The van der Waals surface area contributed by atoms with Crippen molar-refractivity contribution in [3.63, 3.8) is 0 Å². The Morgan fingerprint density at radius 1 is 1.30 bits per heavy atom. The van der Waals surface area contributed by atoms with Crippen molar-refractivity contribution in [2.24, 2.45) is 5.41 Å². The second-order valence-corrected chi connectivity index (χ2v) is 5.20. The first-order valence-electron chi connectivity index (χ1n) is 6.83. The number of nitrogens with zero attached hydrogens (tertiary/aromatic N) is 2. The van der Waals surface area contributed by atoms with Gasteiger partial charge >= 0.3 is 12.0 Å². The summed E-state index contributed by atoms with van der Waals surface area (Å²) >= 11 is 0. The lowest BCUT2D eigenvalue weighted by Crippen LogP contribution is -2.45. The minimum atomic E-state index is -0.811. The van der Waals surface area contributed by atoms with Crippen molar-refractivity contribution in [1.29, 1.82) is 0 Å². The van der Waals surface area contributed by atoms with E-state index in [1.807, 2.05) is 10.8 Å². The van der Waals surface area contributed by atoms with Gasteiger partial charge < -0.3 is 20.3 Å². The van der Waals surface area contributed by atoms with Gasteiger partial charge in [0.2, 0.25) is 0 Å². The van der Waals surface area contributed by atoms with Crippen LogP contribution < -0.4 is 10.6 Å². The van der Waals surface area contributed by atoms with Crippen LogP contribution in [0, 0.1) is 5.41 Å². The Bertz CT molecular complexity index is 452. The highest BCUT2D eigenvalue weighted by molar-refractivity contribution is 5.78. The minimum Gasteiger partial charge on any atom is -0.481 e. The van der Waals surface area contributed by atoms with E-state index in [9.17, 15) is 14.7 Å². The number of aromatic nitrogens is 2. The van der Waals surface area contributed by atoms with E-state index < -0.39 is 11.4 Å². The topological polar surface area (TPSA) is 96.3 Å². The molecule has 7 heteroatoms. The molecule has 0 aliphatic heterocycles. The Labute approximate surface area is 117 Å². The minimum absolute atomic E-state index is 0.194. The number of aliphatic carboxylic acids is 1. The lowest BCUT2D eigenvalue weighted by molar-refractivity contribution is -0.148. The molecule has 3 N–H and O–H groups in total. The Morgan fingerprint density at radius 2 is 2.05 bits per heavy atom. The number of hydrogen-bond donors (Lipinski definition) is 3. The number of amides is 2. The predicted octanol–water partition coefficient (Wildman–Crippen LogP) is 0.827. The van der Waals surface area contributed by atoms with Gasteiger partial charge in [0, 0.05) is 32.0 Å². The summed E-state index contributed by atoms with van der Waals surface area (Å²) in [6.07, 6.45) is 8.27. The molecule has 0 unspecified atom stereocenters. The third-order valence-electron chi connectivity index (χ3n) is 3.82. The first-order chi connectivity index (χ1) is 9.62. The standard InChI is InChI=1S/C13H20N4O3/c18-11(19)13(3-1-2-4-13)9-16-12(20)15-6-8-17-7-5-14-10-17/h5,7,10H,1-4,6,8-9H2,(H,18,19)(H2,15,16,20). The van der Waals surface area contributed by atoms with Crippen LogP contribution in [0.2, 0.25) is 0 Å². The maximum Gasteiger partial charge on any atom is 0.314 e. The number of rotatable bonds is 6. The molecule has 2 rings (SSSR count). The van der Waals surface area contributed by atoms with E-state index in [2.05, 4.69) is 15.6 Å². The molecule has 1 saturated carbocycles. The summed E-state index contributed by atoms with van der Waals surface area (Å²) in [5.41, 5.74) is -0.776. The molecule has 7 nitrogen and oxygen atoms in total. The summed E-state index contributed by atoms with van der Waals surface area (Å²) in [6.45, 7) is 1.30. The van der Waals surface area contributed by atoms with Crippen LogP contribution in [-0.2, 0) is 11.3 Å². The quantitative estimate of drug-likeness (QED) is 0.719. The molecule has 0 saturated heterocycles. The van der Waals surface area contributed by atoms with Gasteiger partial charge in [-0.1, -0.05) is 12.8 Å². The van der Waals surface area contributed by atoms with Crippen molar-refractivity contribution in [3.05, 3.63) is 18.7 Å². The van der Waals surface area contributed by atoms with E-state index in [1.54, 1.807) is 12.5 Å². The van der Waals surface area contributed by atoms with Crippen molar-refractivity contribution in [1.82, 2.24) is 20.2 Å². The van der Waals surface area contributed by atoms with Gasteiger partial charge in [-0.3, -0.25) is 4.79 Å². The summed E-state index contributed by atoms with van der Waals surface area (Å²) in [5.74, 6) is -0.811. The molecule has 110 valence electrons. The second-order valence-electron chi connectivity index (χ2n) is 5.20. The summed E-state index contributed by atoms with van der Waals surface area (Å²) < 4.78 is 1.86. The average Bonchev–Trinajstić information content (AvgIpc) is 3.08. The third kappa shape index (κ3) is 3.49. The van der Waals surface area contributed by atoms with Crippen LogP contribution in [0.25, 0.3) is 0 Å². The summed E-state index contributed by atoms with van der Waals surface area (Å²) in [6, 6.07) is -0.322. The first-order valence-corrected chi connectivity index (χ1v) is 6.83. The van der Waals surface area contributed by atoms with Crippen LogP contribution in [0.1, 0.15) is 25.7 Å². The molecule has 1 fully saturated rings. The fourth-order valence-electron chi connectivity index (χ4n) is 2.55. The van der Waals surface area contributed by atoms with Crippen molar-refractivity contribution >= 4 is 12.0 Å². The fraction of sp³-hybridized carbons (Fsp3) is 0.615. The smallest absolute Gasteiger partial charge is 0.314 e. The lowest BCUT2D eigenvalue weighted by Gasteiger charge is -2.24. The zero-order chi connectivity index (χ0) is 14.4. The number of carbonyl (C=O) groups is 2. The molecule has 1 aromatic rings. The molecule has 1 aromatic heterocycles. The Morgan fingerprint density at radius 3 is 2.65 bits per heavy atom. The molecule has 2 amide bonds. The molecule has 1 heterocycles. The van der Waals surface area contributed by atoms with Gasteiger partial charge in [-0.25, -0.2) is 9.78 Å². The monoisotopic (exact) mass is 280 g/mol. The van der Waals surface area contributed by atoms with E-state index >= 15 is 0 Å². The summed E-state index contributed by atoms with van der Waals surface area (Å²) in [4.78, 5) is 26.9. The van der Waals surface area contributed by atoms with Crippen molar-refractivity contribution in [2.45, 2.75) is 32.2 Å². The zero-order valence-corrected chi connectivity index (χ0v) is 11.3. The molecular weight excluding hydrogens is 260 g/mol. The molecule has 0 bridgehead atoms. The number of nitrogens with one attached hydrogen (secondary N) is 2. The molecular formula is C13H20N4O3. The molecule has 1 aliphatic carbocycles. The zero-order valence-electron chi connectivity index (χ0n) is 11.3. The van der Waals surface area contributed by atoms with Gasteiger partial charge in [0.25, 0.3) is 0 Å². The summed E-state index contributed by atoms with van der Waals surface area (Å²) in [7, 11) is 0. The van der Waals surface area contributed by atoms with Crippen molar-refractivity contribution in [3.8, 4) is 0 Å². The highest BCUT2D eigenvalue weighted by Crippen LogP contribution is 2.37. The van der Waals surface area contributed by atoms with Crippen molar-refractivity contribution in [2.75, 3.05) is 13.1 Å². The van der Waals surface area contributed by atoms with Crippen molar-refractivity contribution < 1.29 is 14.7 Å². The lowest BCUT2D eigenvalue weighted by atomic mass is 9.86. The maximum absolute atomic E-state index is 11.7. The fourth-order valence-corrected chi connectivity index (χ4v) is 2.55. The largest absolute Gasteiger partial charge is 0.481 e. The van der Waals surface area contributed by atoms with E-state index in [-0.39, 0.29) is 12.6 Å². The SMILES string of the molecule is O=C(NCCn1ccnc1)NCC1(C(=O)O)CCCC1. The van der Waals surface area contributed by atoms with Crippen LogP contribution in [-0.4, -0.2) is 39.7 Å². The molecule has 1 aliphatic rings. The molecule has 0 radical (unpaired) electrons. The second kappa shape index (κ2) is 6.40. The van der Waals surface area contributed by atoms with Gasteiger partial charge in [0.1, 0.15) is 0 Å². The number of imidazole rings is 1. The first kappa shape index (κ1) is 14.4. The normalized spacial score (nSPS) is 16.8. The Balaban J connectivity index is 1.70. The number of carbonyl (C=O) groups excluding carboxylic acids is 1. The van der Waals surface area contributed by atoms with Gasteiger partial charge in [-0.05, 0) is 12.8 Å². The Hall–Kier alpha value is -2.05. The maximum atomic E-state index is 11.7. The average molecular weight is 280 g/mol. The van der Waals surface area contributed by atoms with Gasteiger partial charge in [0.15, 0.2) is 0 Å². The molecule has 0 aromatic carbocycles. The summed E-state index contributed by atoms with van der Waals surface area (Å²) in [5, 5.41) is 14.7. The number of urea groups is 1. The van der Waals surface area contributed by atoms with Crippen LogP contribution in [0.3, 0.4) is 0 Å². The van der Waals surface area contributed by atoms with E-state index in [0.29, 0.717) is 25.9 Å². The van der Waals surface area contributed by atoms with Gasteiger partial charge in [-0.2, -0.15) is 0 Å². The molecule has 0 atom stereocenters. The van der Waals surface area contributed by atoms with Gasteiger partial charge in [0.05, 0.1) is 11.7 Å². The predicted molar refractivity (Wildman–Crippen MR) is 72.2 cm³/mol. The number of hydrogen-bond acceptors (Lipinski definition) is 3. The van der Waals surface area contributed by atoms with E-state index in [1.165, 1.54) is 0 Å². The highest BCUT2D eigenvalue weighted by Gasteiger charge is 2.41. The molecule has 0 spiro atoms. The van der Waals surface area contributed by atoms with E-state index in [4.69, 9.17) is 0 Å². The highest BCUT2D eigenvalue weighted by atomic mass is 16.4. The van der Waals surface area contributed by atoms with Crippen LogP contribution in [0.4, 0.5) is 4.79 Å². The van der Waals surface area contributed by atoms with Crippen LogP contribution in [0.5, 0.6) is 0 Å². The van der Waals surface area contributed by atoms with E-state index in [0.717, 1.165) is 12.8 Å².